The van der Waals surface area contributed by atoms with Crippen LogP contribution in [-0.2, 0) is 16.1 Å². The molecule has 0 aliphatic carbocycles. The lowest BCUT2D eigenvalue weighted by molar-refractivity contribution is -0.121. The van der Waals surface area contributed by atoms with Gasteiger partial charge in [-0.15, -0.1) is 10.2 Å². The number of amides is 1. The molecule has 3 aromatic rings. The number of nitrogens with zero attached hydrogens (tertiary/aromatic N) is 3. The fraction of sp³-hybridized carbons (Fsp3) is 0.222. The van der Waals surface area contributed by atoms with E-state index in [0.717, 1.165) is 11.1 Å². The standard InChI is InChI=1S/C18H19N5O2/c1-13(24)19-16(18-20-22-23-21-18)17(15-10-6-3-7-11-15)25-12-14-8-4-2-5-9-14/h2-11,16-17H,12H2,1H3,(H,19,24)(H,20,21,22,23)/t16?,17-/m1/s1. The maximum absolute atomic E-state index is 11.7. The number of benzene rings is 2. The smallest absolute Gasteiger partial charge is 0.217 e. The van der Waals surface area contributed by atoms with Crippen molar-refractivity contribution >= 4 is 5.91 Å². The van der Waals surface area contributed by atoms with Crippen molar-refractivity contribution in [2.24, 2.45) is 0 Å². The minimum Gasteiger partial charge on any atom is -0.366 e. The van der Waals surface area contributed by atoms with Gasteiger partial charge in [0.1, 0.15) is 12.1 Å². The molecule has 1 unspecified atom stereocenters. The van der Waals surface area contributed by atoms with Crippen LogP contribution in [0.5, 0.6) is 0 Å². The molecule has 0 saturated heterocycles. The summed E-state index contributed by atoms with van der Waals surface area (Å²) in [4.78, 5) is 11.7. The van der Waals surface area contributed by atoms with Crippen LogP contribution in [0.1, 0.15) is 36.0 Å². The molecule has 0 fully saturated rings. The molecular formula is C18H19N5O2. The van der Waals surface area contributed by atoms with Crippen LogP contribution < -0.4 is 5.32 Å². The number of nitrogens with one attached hydrogen (secondary N) is 2. The average Bonchev–Trinajstić information content (AvgIpc) is 3.17. The van der Waals surface area contributed by atoms with Gasteiger partial charge in [0.25, 0.3) is 0 Å². The predicted octanol–water partition coefficient (Wildman–Crippen LogP) is 2.33. The van der Waals surface area contributed by atoms with Crippen LogP contribution >= 0.6 is 0 Å². The Kier molecular flexibility index (Phi) is 5.48. The minimum absolute atomic E-state index is 0.195. The summed E-state index contributed by atoms with van der Waals surface area (Å²) in [5.74, 6) is 0.177. The van der Waals surface area contributed by atoms with Gasteiger partial charge in [-0.3, -0.25) is 4.79 Å². The van der Waals surface area contributed by atoms with E-state index < -0.39 is 12.1 Å². The van der Waals surface area contributed by atoms with Crippen LogP contribution in [0.2, 0.25) is 0 Å². The summed E-state index contributed by atoms with van der Waals surface area (Å²) in [7, 11) is 0. The van der Waals surface area contributed by atoms with Crippen molar-refractivity contribution in [3.05, 3.63) is 77.6 Å². The number of carbonyl (C=O) groups excluding carboxylic acids is 1. The second-order valence-corrected chi connectivity index (χ2v) is 5.58. The van der Waals surface area contributed by atoms with Gasteiger partial charge in [-0.1, -0.05) is 65.9 Å². The van der Waals surface area contributed by atoms with E-state index in [-0.39, 0.29) is 5.91 Å². The van der Waals surface area contributed by atoms with E-state index in [9.17, 15) is 4.79 Å². The normalized spacial score (nSPS) is 13.2. The van der Waals surface area contributed by atoms with Crippen LogP contribution in [0.15, 0.2) is 60.7 Å². The number of H-pyrrole nitrogens is 1. The van der Waals surface area contributed by atoms with Crippen molar-refractivity contribution in [2.75, 3.05) is 0 Å². The molecule has 2 atom stereocenters. The first-order chi connectivity index (χ1) is 12.2. The Morgan fingerprint density at radius 2 is 1.80 bits per heavy atom. The van der Waals surface area contributed by atoms with Crippen molar-refractivity contribution in [3.8, 4) is 0 Å². The number of hydrogen-bond acceptors (Lipinski definition) is 5. The fourth-order valence-corrected chi connectivity index (χ4v) is 2.58. The second kappa shape index (κ2) is 8.16. The summed E-state index contributed by atoms with van der Waals surface area (Å²) in [6, 6.07) is 19.0. The van der Waals surface area contributed by atoms with E-state index in [0.29, 0.717) is 12.4 Å². The van der Waals surface area contributed by atoms with Gasteiger partial charge in [0.15, 0.2) is 5.82 Å². The molecule has 1 aromatic heterocycles. The molecule has 0 radical (unpaired) electrons. The third-order valence-electron chi connectivity index (χ3n) is 3.70. The molecule has 3 rings (SSSR count). The zero-order valence-corrected chi connectivity index (χ0v) is 13.8. The highest BCUT2D eigenvalue weighted by atomic mass is 16.5. The highest BCUT2D eigenvalue weighted by molar-refractivity contribution is 5.73. The first-order valence-electron chi connectivity index (χ1n) is 7.95. The molecule has 0 aliphatic heterocycles. The summed E-state index contributed by atoms with van der Waals surface area (Å²) in [5, 5.41) is 17.0. The number of aromatic nitrogens is 4. The zero-order chi connectivity index (χ0) is 17.5. The van der Waals surface area contributed by atoms with Gasteiger partial charge >= 0.3 is 0 Å². The molecule has 1 heterocycles. The predicted molar refractivity (Wildman–Crippen MR) is 91.1 cm³/mol. The van der Waals surface area contributed by atoms with Crippen molar-refractivity contribution in [1.82, 2.24) is 25.9 Å². The number of hydrogen-bond donors (Lipinski definition) is 2. The van der Waals surface area contributed by atoms with Crippen LogP contribution in [0, 0.1) is 0 Å². The largest absolute Gasteiger partial charge is 0.366 e. The fourth-order valence-electron chi connectivity index (χ4n) is 2.58. The van der Waals surface area contributed by atoms with E-state index >= 15 is 0 Å². The van der Waals surface area contributed by atoms with Gasteiger partial charge in [0.2, 0.25) is 5.91 Å². The molecule has 25 heavy (non-hydrogen) atoms. The van der Waals surface area contributed by atoms with Gasteiger partial charge in [-0.25, -0.2) is 0 Å². The topological polar surface area (TPSA) is 92.8 Å². The van der Waals surface area contributed by atoms with E-state index in [1.54, 1.807) is 0 Å². The molecule has 1 amide bonds. The highest BCUT2D eigenvalue weighted by Crippen LogP contribution is 2.31. The van der Waals surface area contributed by atoms with Crippen LogP contribution in [0.25, 0.3) is 0 Å². The molecule has 0 saturated carbocycles. The third-order valence-corrected chi connectivity index (χ3v) is 3.70. The molecule has 7 nitrogen and oxygen atoms in total. The zero-order valence-electron chi connectivity index (χ0n) is 13.8. The summed E-state index contributed by atoms with van der Waals surface area (Å²) >= 11 is 0. The summed E-state index contributed by atoms with van der Waals surface area (Å²) in [6.07, 6.45) is -0.456. The first-order valence-corrected chi connectivity index (χ1v) is 7.95. The van der Waals surface area contributed by atoms with Crippen LogP contribution in [0.3, 0.4) is 0 Å². The van der Waals surface area contributed by atoms with E-state index in [1.165, 1.54) is 6.92 Å². The Balaban J connectivity index is 1.89. The molecular weight excluding hydrogens is 318 g/mol. The quantitative estimate of drug-likeness (QED) is 0.690. The lowest BCUT2D eigenvalue weighted by Crippen LogP contribution is -2.33. The minimum atomic E-state index is -0.553. The number of carbonyl (C=O) groups is 1. The number of aromatic amines is 1. The Morgan fingerprint density at radius 1 is 1.12 bits per heavy atom. The van der Waals surface area contributed by atoms with Gasteiger partial charge in [0, 0.05) is 6.92 Å². The Labute approximate surface area is 145 Å². The molecule has 2 aromatic carbocycles. The highest BCUT2D eigenvalue weighted by Gasteiger charge is 2.30. The SMILES string of the molecule is CC(=O)NC(c1nn[nH]n1)[C@H](OCc1ccccc1)c1ccccc1. The second-order valence-electron chi connectivity index (χ2n) is 5.58. The first kappa shape index (κ1) is 16.8. The van der Waals surface area contributed by atoms with Gasteiger partial charge in [-0.2, -0.15) is 5.21 Å². The molecule has 0 spiro atoms. The van der Waals surface area contributed by atoms with E-state index in [1.807, 2.05) is 60.7 Å². The molecule has 2 N–H and O–H groups in total. The Morgan fingerprint density at radius 3 is 2.40 bits per heavy atom. The lowest BCUT2D eigenvalue weighted by atomic mass is 10.0. The van der Waals surface area contributed by atoms with Crippen molar-refractivity contribution in [1.29, 1.82) is 0 Å². The third kappa shape index (κ3) is 4.48. The molecule has 0 bridgehead atoms. The summed E-state index contributed by atoms with van der Waals surface area (Å²) < 4.78 is 6.16. The lowest BCUT2D eigenvalue weighted by Gasteiger charge is -2.26. The maximum Gasteiger partial charge on any atom is 0.217 e. The van der Waals surface area contributed by atoms with Gasteiger partial charge < -0.3 is 10.1 Å². The molecule has 0 aliphatic rings. The van der Waals surface area contributed by atoms with E-state index in [4.69, 9.17) is 4.74 Å². The van der Waals surface area contributed by atoms with Crippen molar-refractivity contribution in [2.45, 2.75) is 25.7 Å². The monoisotopic (exact) mass is 337 g/mol. The van der Waals surface area contributed by atoms with Crippen LogP contribution in [0.4, 0.5) is 0 Å². The number of tetrazole rings is 1. The average molecular weight is 337 g/mol. The number of ether oxygens (including phenoxy) is 1. The molecule has 7 heteroatoms. The Bertz CT molecular complexity index is 778. The van der Waals surface area contributed by atoms with Gasteiger partial charge in [0.05, 0.1) is 6.61 Å². The van der Waals surface area contributed by atoms with Crippen LogP contribution in [-0.4, -0.2) is 26.5 Å². The summed E-state index contributed by atoms with van der Waals surface area (Å²) in [5.41, 5.74) is 1.96. The Hall–Kier alpha value is -3.06. The molecule has 128 valence electrons. The van der Waals surface area contributed by atoms with Gasteiger partial charge in [-0.05, 0) is 11.1 Å². The van der Waals surface area contributed by atoms with E-state index in [2.05, 4.69) is 25.9 Å². The van der Waals surface area contributed by atoms with Crippen molar-refractivity contribution in [3.63, 3.8) is 0 Å². The maximum atomic E-state index is 11.7. The van der Waals surface area contributed by atoms with Crippen molar-refractivity contribution < 1.29 is 9.53 Å². The summed E-state index contributed by atoms with van der Waals surface area (Å²) in [6.45, 7) is 1.85. The number of rotatable bonds is 7.